The molecule has 4 rings (SSSR count). The molecule has 0 aliphatic carbocycles. The summed E-state index contributed by atoms with van der Waals surface area (Å²) in [5.41, 5.74) is 2.70. The number of nitrogens with one attached hydrogen (secondary N) is 2. The van der Waals surface area contributed by atoms with Crippen LogP contribution in [0.25, 0.3) is 0 Å². The van der Waals surface area contributed by atoms with Crippen molar-refractivity contribution >= 4 is 29.1 Å². The van der Waals surface area contributed by atoms with Crippen molar-refractivity contribution in [2.75, 3.05) is 56.0 Å². The van der Waals surface area contributed by atoms with E-state index in [2.05, 4.69) is 20.4 Å². The van der Waals surface area contributed by atoms with Crippen LogP contribution in [0.5, 0.6) is 0 Å². The molecule has 2 aliphatic heterocycles. The highest BCUT2D eigenvalue weighted by Crippen LogP contribution is 2.19. The fourth-order valence-electron chi connectivity index (χ4n) is 4.64. The number of benzene rings is 2. The summed E-state index contributed by atoms with van der Waals surface area (Å²) < 4.78 is 13.2. The quantitative estimate of drug-likeness (QED) is 0.631. The van der Waals surface area contributed by atoms with Crippen LogP contribution in [-0.4, -0.2) is 79.4 Å². The second-order valence-electron chi connectivity index (χ2n) is 8.90. The van der Waals surface area contributed by atoms with E-state index in [9.17, 15) is 18.8 Å². The Balaban J connectivity index is 1.33. The molecule has 0 bridgehead atoms. The monoisotopic (exact) mass is 481 g/mol. The number of nitrogens with zero attached hydrogens (tertiary/aromatic N) is 3. The molecular formula is C26H32FN5O3. The van der Waals surface area contributed by atoms with Crippen LogP contribution >= 0.6 is 0 Å². The van der Waals surface area contributed by atoms with Gasteiger partial charge in [-0.1, -0.05) is 25.1 Å². The lowest BCUT2D eigenvalue weighted by atomic mass is 10.1. The van der Waals surface area contributed by atoms with Crippen molar-refractivity contribution in [1.82, 2.24) is 15.1 Å². The number of hydrogen-bond donors (Lipinski definition) is 2. The summed E-state index contributed by atoms with van der Waals surface area (Å²) in [5.74, 6) is -1.01. The second-order valence-corrected chi connectivity index (χ2v) is 8.90. The van der Waals surface area contributed by atoms with Crippen molar-refractivity contribution < 1.29 is 18.8 Å². The summed E-state index contributed by atoms with van der Waals surface area (Å²) in [6.45, 7) is 5.78. The molecule has 2 aromatic carbocycles. The Bertz CT molecular complexity index is 1050. The maximum Gasteiger partial charge on any atom is 0.243 e. The minimum atomic E-state index is -0.828. The normalized spacial score (nSPS) is 18.8. The molecule has 0 aromatic heterocycles. The van der Waals surface area contributed by atoms with Crippen LogP contribution in [0.15, 0.2) is 48.5 Å². The zero-order valence-electron chi connectivity index (χ0n) is 20.0. The van der Waals surface area contributed by atoms with E-state index in [4.69, 9.17) is 0 Å². The zero-order valence-corrected chi connectivity index (χ0v) is 20.0. The van der Waals surface area contributed by atoms with Crippen molar-refractivity contribution in [3.63, 3.8) is 0 Å². The molecule has 2 aliphatic rings. The van der Waals surface area contributed by atoms with Gasteiger partial charge in [0.25, 0.3) is 0 Å². The second kappa shape index (κ2) is 11.3. The van der Waals surface area contributed by atoms with Gasteiger partial charge in [-0.3, -0.25) is 19.3 Å². The predicted octanol–water partition coefficient (Wildman–Crippen LogP) is 1.87. The smallest absolute Gasteiger partial charge is 0.243 e. The number of carbonyl (C=O) groups excluding carboxylic acids is 3. The third-order valence-electron chi connectivity index (χ3n) is 6.63. The number of anilines is 2. The molecule has 2 aromatic rings. The molecule has 2 N–H and O–H groups in total. The van der Waals surface area contributed by atoms with Crippen LogP contribution in [0.4, 0.5) is 15.8 Å². The van der Waals surface area contributed by atoms with Gasteiger partial charge in [0.2, 0.25) is 17.7 Å². The third kappa shape index (κ3) is 6.16. The van der Waals surface area contributed by atoms with Crippen LogP contribution in [-0.2, 0) is 20.8 Å². The highest BCUT2D eigenvalue weighted by Gasteiger charge is 2.35. The predicted molar refractivity (Wildman–Crippen MR) is 133 cm³/mol. The maximum atomic E-state index is 13.2. The lowest BCUT2D eigenvalue weighted by Crippen LogP contribution is -2.60. The number of amides is 3. The molecule has 1 unspecified atom stereocenters. The number of rotatable bonds is 7. The van der Waals surface area contributed by atoms with Gasteiger partial charge in [0.05, 0.1) is 13.0 Å². The first-order valence-electron chi connectivity index (χ1n) is 12.1. The van der Waals surface area contributed by atoms with Crippen molar-refractivity contribution in [2.24, 2.45) is 0 Å². The van der Waals surface area contributed by atoms with E-state index < -0.39 is 6.04 Å². The molecule has 2 fully saturated rings. The van der Waals surface area contributed by atoms with Gasteiger partial charge in [-0.15, -0.1) is 0 Å². The SMILES string of the molecule is CCc1ccccc1NC(=O)CC1C(=O)NCCN1C(=O)CN1CCN(c2ccc(F)cc2)CC1. The minimum Gasteiger partial charge on any atom is -0.369 e. The molecule has 9 heteroatoms. The number of para-hydroxylation sites is 1. The first-order chi connectivity index (χ1) is 16.9. The molecule has 1 atom stereocenters. The first kappa shape index (κ1) is 24.7. The molecular weight excluding hydrogens is 449 g/mol. The van der Waals surface area contributed by atoms with Crippen molar-refractivity contribution in [3.8, 4) is 0 Å². The Morgan fingerprint density at radius 1 is 1.03 bits per heavy atom. The van der Waals surface area contributed by atoms with E-state index in [-0.39, 0.29) is 36.5 Å². The van der Waals surface area contributed by atoms with Crippen LogP contribution in [0.3, 0.4) is 0 Å². The topological polar surface area (TPSA) is 85.0 Å². The molecule has 3 amide bonds. The van der Waals surface area contributed by atoms with E-state index in [0.717, 1.165) is 36.4 Å². The van der Waals surface area contributed by atoms with Gasteiger partial charge in [0.15, 0.2) is 0 Å². The van der Waals surface area contributed by atoms with Crippen molar-refractivity contribution in [2.45, 2.75) is 25.8 Å². The summed E-state index contributed by atoms with van der Waals surface area (Å²) in [4.78, 5) is 44.3. The van der Waals surface area contributed by atoms with Gasteiger partial charge >= 0.3 is 0 Å². The molecule has 2 saturated heterocycles. The Kier molecular flexibility index (Phi) is 7.97. The number of carbonyl (C=O) groups is 3. The molecule has 0 saturated carbocycles. The Hall–Kier alpha value is -3.46. The standard InChI is InChI=1S/C26H32FN5O3/c1-2-19-5-3-4-6-22(19)29-24(33)17-23-26(35)28-11-12-32(23)25(34)18-30-13-15-31(16-14-30)21-9-7-20(27)8-10-21/h3-10,23H,2,11-18H2,1H3,(H,28,35)(H,29,33). The number of hydrogen-bond acceptors (Lipinski definition) is 5. The summed E-state index contributed by atoms with van der Waals surface area (Å²) in [6, 6.07) is 13.2. The zero-order chi connectivity index (χ0) is 24.8. The Morgan fingerprint density at radius 3 is 2.46 bits per heavy atom. The molecule has 35 heavy (non-hydrogen) atoms. The van der Waals surface area contributed by atoms with Crippen molar-refractivity contribution in [3.05, 3.63) is 59.9 Å². The summed E-state index contributed by atoms with van der Waals surface area (Å²) in [7, 11) is 0. The van der Waals surface area contributed by atoms with Crippen LogP contribution in [0.1, 0.15) is 18.9 Å². The average molecular weight is 482 g/mol. The highest BCUT2D eigenvalue weighted by molar-refractivity contribution is 5.98. The summed E-state index contributed by atoms with van der Waals surface area (Å²) in [6.07, 6.45) is 0.688. The lowest BCUT2D eigenvalue weighted by molar-refractivity contribution is -0.145. The van der Waals surface area contributed by atoms with Crippen LogP contribution in [0, 0.1) is 5.82 Å². The third-order valence-corrected chi connectivity index (χ3v) is 6.63. The Labute approximate surface area is 205 Å². The fraction of sp³-hybridized carbons (Fsp3) is 0.423. The van der Waals surface area contributed by atoms with Crippen LogP contribution < -0.4 is 15.5 Å². The van der Waals surface area contributed by atoms with Crippen LogP contribution in [0.2, 0.25) is 0 Å². The molecule has 0 radical (unpaired) electrons. The maximum absolute atomic E-state index is 13.2. The highest BCUT2D eigenvalue weighted by atomic mass is 19.1. The van der Waals surface area contributed by atoms with E-state index in [0.29, 0.717) is 26.2 Å². The first-order valence-corrected chi connectivity index (χ1v) is 12.1. The van der Waals surface area contributed by atoms with Gasteiger partial charge in [0.1, 0.15) is 11.9 Å². The van der Waals surface area contributed by atoms with E-state index in [1.807, 2.05) is 31.2 Å². The van der Waals surface area contributed by atoms with E-state index in [1.165, 1.54) is 17.0 Å². The van der Waals surface area contributed by atoms with E-state index in [1.54, 1.807) is 12.1 Å². The van der Waals surface area contributed by atoms with Gasteiger partial charge in [-0.2, -0.15) is 0 Å². The lowest BCUT2D eigenvalue weighted by Gasteiger charge is -2.39. The number of aryl methyl sites for hydroxylation is 1. The molecule has 0 spiro atoms. The fourth-order valence-corrected chi connectivity index (χ4v) is 4.64. The number of halogens is 1. The summed E-state index contributed by atoms with van der Waals surface area (Å²) in [5, 5.41) is 5.68. The molecule has 186 valence electrons. The number of piperazine rings is 2. The Morgan fingerprint density at radius 2 is 1.74 bits per heavy atom. The van der Waals surface area contributed by atoms with Crippen molar-refractivity contribution in [1.29, 1.82) is 0 Å². The van der Waals surface area contributed by atoms with E-state index >= 15 is 0 Å². The molecule has 2 heterocycles. The molecule has 8 nitrogen and oxygen atoms in total. The average Bonchev–Trinajstić information content (AvgIpc) is 2.86. The summed E-state index contributed by atoms with van der Waals surface area (Å²) >= 11 is 0. The largest absolute Gasteiger partial charge is 0.369 e. The van der Waals surface area contributed by atoms with Gasteiger partial charge in [0, 0.05) is 50.6 Å². The van der Waals surface area contributed by atoms with Gasteiger partial charge in [-0.25, -0.2) is 4.39 Å². The van der Waals surface area contributed by atoms with Gasteiger partial charge in [-0.05, 0) is 42.3 Å². The van der Waals surface area contributed by atoms with Gasteiger partial charge < -0.3 is 20.4 Å². The minimum absolute atomic E-state index is 0.0893.